The van der Waals surface area contributed by atoms with Gasteiger partial charge in [0.1, 0.15) is 0 Å². The molecule has 0 radical (unpaired) electrons. The van der Waals surface area contributed by atoms with Gasteiger partial charge < -0.3 is 28.4 Å². The van der Waals surface area contributed by atoms with Crippen LogP contribution in [0.4, 0.5) is 0 Å². The molecule has 10 nitrogen and oxygen atoms in total. The summed E-state index contributed by atoms with van der Waals surface area (Å²) in [4.78, 5) is 48.2. The predicted molar refractivity (Wildman–Crippen MR) is 111 cm³/mol. The second-order valence-corrected chi connectivity index (χ2v) is 9.91. The van der Waals surface area contributed by atoms with Gasteiger partial charge >= 0.3 is 23.9 Å². The van der Waals surface area contributed by atoms with Crippen LogP contribution in [0.3, 0.4) is 0 Å². The Hall–Kier alpha value is -2.20. The first-order valence-corrected chi connectivity index (χ1v) is 11.2. The first kappa shape index (κ1) is 25.4. The summed E-state index contributed by atoms with van der Waals surface area (Å²) in [5.41, 5.74) is -0.132. The molecular formula is C23H34O10. The zero-order valence-electron chi connectivity index (χ0n) is 20.2. The molecule has 2 bridgehead atoms. The van der Waals surface area contributed by atoms with Crippen LogP contribution < -0.4 is 0 Å². The molecule has 0 spiro atoms. The lowest BCUT2D eigenvalue weighted by atomic mass is 9.70. The Morgan fingerprint density at radius 3 is 1.85 bits per heavy atom. The molecule has 186 valence electrons. The monoisotopic (exact) mass is 470 g/mol. The summed E-state index contributed by atoms with van der Waals surface area (Å²) in [5.74, 6) is -2.51. The smallest absolute Gasteiger partial charge is 0.339 e. The number of fused-ring (bicyclic) bond motifs is 2. The van der Waals surface area contributed by atoms with Crippen molar-refractivity contribution in [3.05, 3.63) is 0 Å². The second-order valence-electron chi connectivity index (χ2n) is 9.91. The Morgan fingerprint density at radius 2 is 1.39 bits per heavy atom. The maximum atomic E-state index is 12.6. The molecular weight excluding hydrogens is 436 g/mol. The number of methoxy groups -OCH3 is 1. The zero-order chi connectivity index (χ0) is 24.7. The molecule has 0 N–H and O–H groups in total. The third kappa shape index (κ3) is 4.59. The van der Waals surface area contributed by atoms with Crippen LogP contribution in [0.5, 0.6) is 0 Å². The molecule has 2 aliphatic carbocycles. The quantitative estimate of drug-likeness (QED) is 0.420. The van der Waals surface area contributed by atoms with E-state index in [9.17, 15) is 19.2 Å². The van der Waals surface area contributed by atoms with Crippen molar-refractivity contribution in [1.29, 1.82) is 0 Å². The molecule has 3 fully saturated rings. The molecule has 1 saturated heterocycles. The van der Waals surface area contributed by atoms with Gasteiger partial charge in [0.2, 0.25) is 0 Å². The minimum Gasteiger partial charge on any atom is -0.467 e. The maximum Gasteiger partial charge on any atom is 0.339 e. The van der Waals surface area contributed by atoms with Crippen LogP contribution in [0.2, 0.25) is 0 Å². The molecule has 3 aliphatic rings. The SMILES string of the molecule is COC(=O)[C@H]1O[C@@H](O[C@H]2C[C@H]3CC[C@]2(C)C3(C)C)[C@H](OC(C)=O)[C@@H](OC(C)=O)[C@@H]1OC(C)=O. The highest BCUT2D eigenvalue weighted by molar-refractivity contribution is 5.77. The van der Waals surface area contributed by atoms with Gasteiger partial charge in [0.05, 0.1) is 13.2 Å². The van der Waals surface area contributed by atoms with E-state index < -0.39 is 54.6 Å². The normalized spacial score (nSPS) is 38.9. The van der Waals surface area contributed by atoms with Crippen LogP contribution in [0.25, 0.3) is 0 Å². The van der Waals surface area contributed by atoms with E-state index in [0.717, 1.165) is 40.2 Å². The van der Waals surface area contributed by atoms with E-state index in [1.807, 2.05) is 0 Å². The van der Waals surface area contributed by atoms with Crippen molar-refractivity contribution >= 4 is 23.9 Å². The zero-order valence-corrected chi connectivity index (χ0v) is 20.2. The highest BCUT2D eigenvalue weighted by Gasteiger charge is 2.64. The summed E-state index contributed by atoms with van der Waals surface area (Å²) in [5, 5.41) is 0. The minimum absolute atomic E-state index is 0.0283. The van der Waals surface area contributed by atoms with E-state index in [0.29, 0.717) is 5.92 Å². The number of hydrogen-bond donors (Lipinski definition) is 0. The van der Waals surface area contributed by atoms with Crippen LogP contribution in [0.1, 0.15) is 60.8 Å². The lowest BCUT2D eigenvalue weighted by Gasteiger charge is -2.46. The van der Waals surface area contributed by atoms with Gasteiger partial charge in [-0.15, -0.1) is 0 Å². The van der Waals surface area contributed by atoms with Crippen LogP contribution in [-0.2, 0) is 47.6 Å². The van der Waals surface area contributed by atoms with E-state index in [1.54, 1.807) is 0 Å². The van der Waals surface area contributed by atoms with Crippen molar-refractivity contribution in [1.82, 2.24) is 0 Å². The number of esters is 4. The van der Waals surface area contributed by atoms with Gasteiger partial charge in [-0.3, -0.25) is 14.4 Å². The fourth-order valence-corrected chi connectivity index (χ4v) is 5.69. The first-order chi connectivity index (χ1) is 15.3. The Labute approximate surface area is 193 Å². The van der Waals surface area contributed by atoms with Crippen LogP contribution in [0.15, 0.2) is 0 Å². The van der Waals surface area contributed by atoms with Gasteiger partial charge in [-0.25, -0.2) is 4.79 Å². The van der Waals surface area contributed by atoms with Gasteiger partial charge in [0, 0.05) is 20.8 Å². The summed E-state index contributed by atoms with van der Waals surface area (Å²) < 4.78 is 33.3. The van der Waals surface area contributed by atoms with Gasteiger partial charge in [0.15, 0.2) is 30.7 Å². The second kappa shape index (κ2) is 9.21. The van der Waals surface area contributed by atoms with Crippen LogP contribution >= 0.6 is 0 Å². The topological polar surface area (TPSA) is 124 Å². The van der Waals surface area contributed by atoms with Crippen molar-refractivity contribution < 1.29 is 47.6 Å². The van der Waals surface area contributed by atoms with E-state index in [-0.39, 0.29) is 16.9 Å². The molecule has 0 aromatic heterocycles. The molecule has 8 atom stereocenters. The molecule has 0 aromatic rings. The summed E-state index contributed by atoms with van der Waals surface area (Å²) in [6, 6.07) is 0. The molecule has 1 aliphatic heterocycles. The summed E-state index contributed by atoms with van der Waals surface area (Å²) in [6.45, 7) is 10.1. The van der Waals surface area contributed by atoms with Crippen LogP contribution in [0, 0.1) is 16.7 Å². The number of ether oxygens (including phenoxy) is 6. The Bertz CT molecular complexity index is 807. The standard InChI is InChI=1S/C23H34O10/c1-11(24)29-16-17(30-12(2)25)19(31-13(3)26)21(33-18(16)20(27)28-7)32-15-10-14-8-9-23(15,6)22(14,4)5/h14-19,21H,8-10H2,1-7H3/t14-,15+,16+,17+,18+,19-,21-,23+/m1/s1. The predicted octanol–water partition coefficient (Wildman–Crippen LogP) is 1.91. The molecule has 3 rings (SSSR count). The fraction of sp³-hybridized carbons (Fsp3) is 0.826. The Balaban J connectivity index is 1.98. The third-order valence-electron chi connectivity index (χ3n) is 7.85. The van der Waals surface area contributed by atoms with Gasteiger partial charge in [-0.05, 0) is 36.0 Å². The fourth-order valence-electron chi connectivity index (χ4n) is 5.69. The van der Waals surface area contributed by atoms with Crippen molar-refractivity contribution in [2.45, 2.75) is 97.6 Å². The van der Waals surface area contributed by atoms with Gasteiger partial charge in [-0.1, -0.05) is 20.8 Å². The largest absolute Gasteiger partial charge is 0.467 e. The van der Waals surface area contributed by atoms with Crippen molar-refractivity contribution in [3.63, 3.8) is 0 Å². The lowest BCUT2D eigenvalue weighted by Crippen LogP contribution is -2.64. The highest BCUT2D eigenvalue weighted by atomic mass is 16.7. The number of hydrogen-bond acceptors (Lipinski definition) is 10. The maximum absolute atomic E-state index is 12.6. The molecule has 0 aromatic carbocycles. The summed E-state index contributed by atoms with van der Waals surface area (Å²) in [6.07, 6.45) is -4.08. The Morgan fingerprint density at radius 1 is 0.848 bits per heavy atom. The van der Waals surface area contributed by atoms with E-state index >= 15 is 0 Å². The summed E-state index contributed by atoms with van der Waals surface area (Å²) >= 11 is 0. The number of carbonyl (C=O) groups is 4. The van der Waals surface area contributed by atoms with Crippen LogP contribution in [-0.4, -0.2) is 67.8 Å². The Kier molecular flexibility index (Phi) is 7.10. The average Bonchev–Trinajstić information content (AvgIpc) is 3.04. The highest BCUT2D eigenvalue weighted by Crippen LogP contribution is 2.66. The van der Waals surface area contributed by atoms with E-state index in [1.165, 1.54) is 6.92 Å². The van der Waals surface area contributed by atoms with Crippen molar-refractivity contribution in [2.75, 3.05) is 7.11 Å². The van der Waals surface area contributed by atoms with Gasteiger partial charge in [-0.2, -0.15) is 0 Å². The number of rotatable bonds is 6. The van der Waals surface area contributed by atoms with Crippen molar-refractivity contribution in [2.24, 2.45) is 16.7 Å². The minimum atomic E-state index is -1.44. The molecule has 0 amide bonds. The average molecular weight is 471 g/mol. The first-order valence-electron chi connectivity index (χ1n) is 11.2. The van der Waals surface area contributed by atoms with Crippen molar-refractivity contribution in [3.8, 4) is 0 Å². The summed E-state index contributed by atoms with van der Waals surface area (Å²) in [7, 11) is 1.16. The molecule has 33 heavy (non-hydrogen) atoms. The molecule has 2 saturated carbocycles. The van der Waals surface area contributed by atoms with Gasteiger partial charge in [0.25, 0.3) is 0 Å². The van der Waals surface area contributed by atoms with E-state index in [2.05, 4.69) is 20.8 Å². The molecule has 1 heterocycles. The molecule has 0 unspecified atom stereocenters. The lowest BCUT2D eigenvalue weighted by molar-refractivity contribution is -0.317. The molecule has 10 heteroatoms. The third-order valence-corrected chi connectivity index (χ3v) is 7.85. The number of carbonyl (C=O) groups excluding carboxylic acids is 4. The van der Waals surface area contributed by atoms with E-state index in [4.69, 9.17) is 28.4 Å².